The fourth-order valence-corrected chi connectivity index (χ4v) is 2.75. The van der Waals surface area contributed by atoms with E-state index in [9.17, 15) is 0 Å². The second kappa shape index (κ2) is 7.99. The summed E-state index contributed by atoms with van der Waals surface area (Å²) in [6.07, 6.45) is 3.53. The van der Waals surface area contributed by atoms with Crippen LogP contribution in [0.25, 0.3) is 11.1 Å². The van der Waals surface area contributed by atoms with E-state index >= 15 is 0 Å². The third kappa shape index (κ3) is 4.18. The number of rotatable bonds is 7. The highest BCUT2D eigenvalue weighted by Gasteiger charge is 2.10. The lowest BCUT2D eigenvalue weighted by Crippen LogP contribution is -2.19. The zero-order valence-corrected chi connectivity index (χ0v) is 13.5. The lowest BCUT2D eigenvalue weighted by molar-refractivity contribution is 0.572. The summed E-state index contributed by atoms with van der Waals surface area (Å²) >= 11 is 0. The summed E-state index contributed by atoms with van der Waals surface area (Å²) in [6.45, 7) is 7.74. The van der Waals surface area contributed by atoms with E-state index in [0.717, 1.165) is 19.4 Å². The monoisotopic (exact) mass is 281 g/mol. The predicted octanol–water partition coefficient (Wildman–Crippen LogP) is 5.37. The molecule has 0 aliphatic heterocycles. The maximum absolute atomic E-state index is 3.59. The third-order valence-electron chi connectivity index (χ3n) is 3.93. The van der Waals surface area contributed by atoms with Crippen molar-refractivity contribution in [2.45, 2.75) is 46.1 Å². The Morgan fingerprint density at radius 3 is 2.29 bits per heavy atom. The van der Waals surface area contributed by atoms with Crippen LogP contribution in [0.1, 0.15) is 50.8 Å². The quantitative estimate of drug-likeness (QED) is 0.719. The molecule has 1 nitrogen and oxygen atoms in total. The lowest BCUT2D eigenvalue weighted by atomic mass is 9.94. The molecule has 0 saturated carbocycles. The molecule has 0 amide bonds. The highest BCUT2D eigenvalue weighted by molar-refractivity contribution is 5.68. The van der Waals surface area contributed by atoms with Crippen LogP contribution < -0.4 is 5.32 Å². The van der Waals surface area contributed by atoms with Gasteiger partial charge in [0, 0.05) is 6.04 Å². The fourth-order valence-electron chi connectivity index (χ4n) is 2.75. The molecule has 0 spiro atoms. The number of aryl methyl sites for hydroxylation is 1. The summed E-state index contributed by atoms with van der Waals surface area (Å²) in [4.78, 5) is 0. The summed E-state index contributed by atoms with van der Waals surface area (Å²) in [5, 5.41) is 3.59. The predicted molar refractivity (Wildman–Crippen MR) is 92.6 cm³/mol. The van der Waals surface area contributed by atoms with E-state index in [1.54, 1.807) is 0 Å². The molecule has 21 heavy (non-hydrogen) atoms. The van der Waals surface area contributed by atoms with Crippen molar-refractivity contribution in [1.29, 1.82) is 0 Å². The molecular formula is C20H27N. The van der Waals surface area contributed by atoms with Crippen molar-refractivity contribution in [2.75, 3.05) is 6.54 Å². The summed E-state index contributed by atoms with van der Waals surface area (Å²) in [5.74, 6) is 0. The van der Waals surface area contributed by atoms with Crippen LogP contribution in [0.5, 0.6) is 0 Å². The number of hydrogen-bond donors (Lipinski definition) is 1. The van der Waals surface area contributed by atoms with Gasteiger partial charge in [0.05, 0.1) is 0 Å². The Morgan fingerprint density at radius 2 is 1.62 bits per heavy atom. The minimum atomic E-state index is 0.386. The van der Waals surface area contributed by atoms with Gasteiger partial charge in [0.2, 0.25) is 0 Å². The van der Waals surface area contributed by atoms with E-state index < -0.39 is 0 Å². The molecule has 1 heteroatoms. The summed E-state index contributed by atoms with van der Waals surface area (Å²) in [5.41, 5.74) is 5.47. The van der Waals surface area contributed by atoms with Gasteiger partial charge in [0.25, 0.3) is 0 Å². The van der Waals surface area contributed by atoms with Crippen molar-refractivity contribution >= 4 is 0 Å². The molecule has 1 N–H and O–H groups in total. The minimum absolute atomic E-state index is 0.386. The molecule has 0 saturated heterocycles. The SMILES string of the molecule is CCCNC(C)c1ccccc1-c1ccc(CCC)cc1. The van der Waals surface area contributed by atoms with Gasteiger partial charge in [-0.2, -0.15) is 0 Å². The highest BCUT2D eigenvalue weighted by atomic mass is 14.9. The van der Waals surface area contributed by atoms with Crippen molar-refractivity contribution in [3.8, 4) is 11.1 Å². The highest BCUT2D eigenvalue weighted by Crippen LogP contribution is 2.28. The normalized spacial score (nSPS) is 12.3. The van der Waals surface area contributed by atoms with Crippen molar-refractivity contribution in [3.05, 3.63) is 59.7 Å². The average Bonchev–Trinajstić information content (AvgIpc) is 2.54. The first-order valence-corrected chi connectivity index (χ1v) is 8.17. The molecule has 1 unspecified atom stereocenters. The van der Waals surface area contributed by atoms with E-state index in [4.69, 9.17) is 0 Å². The Morgan fingerprint density at radius 1 is 0.905 bits per heavy atom. The number of nitrogens with one attached hydrogen (secondary N) is 1. The Balaban J connectivity index is 2.26. The summed E-state index contributed by atoms with van der Waals surface area (Å²) < 4.78 is 0. The van der Waals surface area contributed by atoms with Crippen LogP contribution in [-0.2, 0) is 6.42 Å². The molecule has 112 valence electrons. The third-order valence-corrected chi connectivity index (χ3v) is 3.93. The van der Waals surface area contributed by atoms with Gasteiger partial charge in [-0.25, -0.2) is 0 Å². The van der Waals surface area contributed by atoms with E-state index in [0.29, 0.717) is 6.04 Å². The molecule has 2 aromatic carbocycles. The number of hydrogen-bond acceptors (Lipinski definition) is 1. The van der Waals surface area contributed by atoms with Crippen LogP contribution in [0.4, 0.5) is 0 Å². The first-order chi connectivity index (χ1) is 10.3. The van der Waals surface area contributed by atoms with E-state index in [2.05, 4.69) is 74.6 Å². The Kier molecular flexibility index (Phi) is 6.01. The van der Waals surface area contributed by atoms with E-state index in [1.807, 2.05) is 0 Å². The van der Waals surface area contributed by atoms with Crippen molar-refractivity contribution in [3.63, 3.8) is 0 Å². The molecule has 0 aliphatic carbocycles. The van der Waals surface area contributed by atoms with E-state index in [1.165, 1.54) is 28.7 Å². The molecule has 1 atom stereocenters. The first-order valence-electron chi connectivity index (χ1n) is 8.17. The molecule has 0 aliphatic rings. The second-order valence-electron chi connectivity index (χ2n) is 5.71. The van der Waals surface area contributed by atoms with Gasteiger partial charge in [-0.15, -0.1) is 0 Å². The first kappa shape index (κ1) is 15.8. The lowest BCUT2D eigenvalue weighted by Gasteiger charge is -2.18. The Labute approximate surface area is 129 Å². The van der Waals surface area contributed by atoms with Gasteiger partial charge < -0.3 is 5.32 Å². The topological polar surface area (TPSA) is 12.0 Å². The Bertz CT molecular complexity index is 542. The fraction of sp³-hybridized carbons (Fsp3) is 0.400. The van der Waals surface area contributed by atoms with Gasteiger partial charge in [-0.3, -0.25) is 0 Å². The maximum Gasteiger partial charge on any atom is 0.0297 e. The molecule has 2 rings (SSSR count). The van der Waals surface area contributed by atoms with Gasteiger partial charge in [-0.1, -0.05) is 68.8 Å². The summed E-state index contributed by atoms with van der Waals surface area (Å²) in [7, 11) is 0. The zero-order valence-electron chi connectivity index (χ0n) is 13.5. The van der Waals surface area contributed by atoms with E-state index in [-0.39, 0.29) is 0 Å². The Hall–Kier alpha value is -1.60. The van der Waals surface area contributed by atoms with Gasteiger partial charge in [-0.05, 0) is 48.6 Å². The van der Waals surface area contributed by atoms with Gasteiger partial charge in [0.1, 0.15) is 0 Å². The van der Waals surface area contributed by atoms with Crippen LogP contribution in [0.15, 0.2) is 48.5 Å². The van der Waals surface area contributed by atoms with Crippen molar-refractivity contribution in [1.82, 2.24) is 5.32 Å². The number of benzene rings is 2. The maximum atomic E-state index is 3.59. The zero-order chi connectivity index (χ0) is 15.1. The van der Waals surface area contributed by atoms with Crippen LogP contribution in [-0.4, -0.2) is 6.54 Å². The van der Waals surface area contributed by atoms with Crippen molar-refractivity contribution < 1.29 is 0 Å². The van der Waals surface area contributed by atoms with Crippen molar-refractivity contribution in [2.24, 2.45) is 0 Å². The molecule has 0 heterocycles. The molecular weight excluding hydrogens is 254 g/mol. The molecule has 0 fully saturated rings. The van der Waals surface area contributed by atoms with Crippen LogP contribution in [0, 0.1) is 0 Å². The molecule has 2 aromatic rings. The van der Waals surface area contributed by atoms with Crippen LogP contribution >= 0.6 is 0 Å². The van der Waals surface area contributed by atoms with Crippen LogP contribution in [0.3, 0.4) is 0 Å². The largest absolute Gasteiger partial charge is 0.310 e. The molecule has 0 bridgehead atoms. The molecule has 0 radical (unpaired) electrons. The minimum Gasteiger partial charge on any atom is -0.310 e. The smallest absolute Gasteiger partial charge is 0.0297 e. The second-order valence-corrected chi connectivity index (χ2v) is 5.71. The van der Waals surface area contributed by atoms with Gasteiger partial charge in [0.15, 0.2) is 0 Å². The molecule has 0 aromatic heterocycles. The van der Waals surface area contributed by atoms with Crippen LogP contribution in [0.2, 0.25) is 0 Å². The standard InChI is InChI=1S/C20H27N/c1-4-8-17-11-13-18(14-12-17)20-10-7-6-9-19(20)16(3)21-15-5-2/h6-7,9-14,16,21H,4-5,8,15H2,1-3H3. The average molecular weight is 281 g/mol. The summed E-state index contributed by atoms with van der Waals surface area (Å²) in [6, 6.07) is 18.2. The van der Waals surface area contributed by atoms with Gasteiger partial charge >= 0.3 is 0 Å².